The lowest BCUT2D eigenvalue weighted by molar-refractivity contribution is 0.0344. The zero-order valence-electron chi connectivity index (χ0n) is 10.4. The predicted octanol–water partition coefficient (Wildman–Crippen LogP) is 2.19. The van der Waals surface area contributed by atoms with Gasteiger partial charge in [-0.3, -0.25) is 4.90 Å². The van der Waals surface area contributed by atoms with E-state index in [4.69, 9.17) is 10.5 Å². The number of hydrogen-bond donors (Lipinski definition) is 1. The maximum absolute atomic E-state index is 5.85. The molecule has 2 aromatic rings. The standard InChI is InChI=1S/C14H18N2OS/c15-8-11-2-1-3-13-14(11)12(10-18-13)9-16-4-6-17-7-5-16/h1-3,10H,4-9,15H2. The molecule has 0 unspecified atom stereocenters. The SMILES string of the molecule is NCc1cccc2scc(CN3CCOCC3)c12. The Balaban J connectivity index is 1.91. The van der Waals surface area contributed by atoms with Gasteiger partial charge in [0.15, 0.2) is 0 Å². The van der Waals surface area contributed by atoms with Crippen molar-refractivity contribution in [2.45, 2.75) is 13.1 Å². The van der Waals surface area contributed by atoms with Crippen LogP contribution in [0.5, 0.6) is 0 Å². The molecule has 1 aliphatic heterocycles. The molecule has 3 nitrogen and oxygen atoms in total. The Kier molecular flexibility index (Phi) is 3.61. The van der Waals surface area contributed by atoms with Gasteiger partial charge in [-0.1, -0.05) is 12.1 Å². The molecule has 0 spiro atoms. The van der Waals surface area contributed by atoms with Gasteiger partial charge in [0, 0.05) is 36.3 Å². The minimum atomic E-state index is 0.615. The highest BCUT2D eigenvalue weighted by Crippen LogP contribution is 2.30. The van der Waals surface area contributed by atoms with Crippen molar-refractivity contribution in [2.24, 2.45) is 5.73 Å². The largest absolute Gasteiger partial charge is 0.379 e. The summed E-state index contributed by atoms with van der Waals surface area (Å²) in [7, 11) is 0. The van der Waals surface area contributed by atoms with E-state index < -0.39 is 0 Å². The van der Waals surface area contributed by atoms with Crippen LogP contribution in [0.15, 0.2) is 23.6 Å². The molecule has 0 bridgehead atoms. The first-order valence-electron chi connectivity index (χ1n) is 6.36. The molecule has 0 aliphatic carbocycles. The first-order valence-corrected chi connectivity index (χ1v) is 7.24. The van der Waals surface area contributed by atoms with Crippen LogP contribution in [0.3, 0.4) is 0 Å². The van der Waals surface area contributed by atoms with Crippen molar-refractivity contribution in [3.63, 3.8) is 0 Å². The van der Waals surface area contributed by atoms with Gasteiger partial charge < -0.3 is 10.5 Å². The number of nitrogens with two attached hydrogens (primary N) is 1. The maximum atomic E-state index is 5.85. The van der Waals surface area contributed by atoms with Crippen molar-refractivity contribution in [2.75, 3.05) is 26.3 Å². The van der Waals surface area contributed by atoms with E-state index in [-0.39, 0.29) is 0 Å². The second-order valence-corrected chi connectivity index (χ2v) is 5.56. The third-order valence-corrected chi connectivity index (χ3v) is 4.48. The molecule has 1 aromatic heterocycles. The summed E-state index contributed by atoms with van der Waals surface area (Å²) >= 11 is 1.82. The summed E-state index contributed by atoms with van der Waals surface area (Å²) in [6, 6.07) is 6.42. The van der Waals surface area contributed by atoms with Crippen LogP contribution in [-0.2, 0) is 17.8 Å². The lowest BCUT2D eigenvalue weighted by Gasteiger charge is -2.26. The highest BCUT2D eigenvalue weighted by atomic mass is 32.1. The summed E-state index contributed by atoms with van der Waals surface area (Å²) in [6.07, 6.45) is 0. The summed E-state index contributed by atoms with van der Waals surface area (Å²) < 4.78 is 6.74. The van der Waals surface area contributed by atoms with Crippen molar-refractivity contribution in [3.8, 4) is 0 Å². The van der Waals surface area contributed by atoms with Crippen LogP contribution in [-0.4, -0.2) is 31.2 Å². The Morgan fingerprint density at radius 1 is 1.22 bits per heavy atom. The van der Waals surface area contributed by atoms with Crippen LogP contribution >= 0.6 is 11.3 Å². The summed E-state index contributed by atoms with van der Waals surface area (Å²) in [5.74, 6) is 0. The average Bonchev–Trinajstić information content (AvgIpc) is 2.83. The van der Waals surface area contributed by atoms with Crippen LogP contribution in [0.25, 0.3) is 10.1 Å². The van der Waals surface area contributed by atoms with Crippen molar-refractivity contribution < 1.29 is 4.74 Å². The molecule has 2 heterocycles. The Labute approximate surface area is 111 Å². The fraction of sp³-hybridized carbons (Fsp3) is 0.429. The van der Waals surface area contributed by atoms with E-state index in [0.29, 0.717) is 6.54 Å². The minimum absolute atomic E-state index is 0.615. The molecule has 1 fully saturated rings. The topological polar surface area (TPSA) is 38.5 Å². The number of ether oxygens (including phenoxy) is 1. The molecule has 4 heteroatoms. The van der Waals surface area contributed by atoms with Crippen LogP contribution in [0.4, 0.5) is 0 Å². The quantitative estimate of drug-likeness (QED) is 0.921. The zero-order valence-corrected chi connectivity index (χ0v) is 11.2. The average molecular weight is 262 g/mol. The second kappa shape index (κ2) is 5.36. The van der Waals surface area contributed by atoms with Gasteiger partial charge in [-0.25, -0.2) is 0 Å². The summed E-state index contributed by atoms with van der Waals surface area (Å²) in [5, 5.41) is 3.65. The van der Waals surface area contributed by atoms with Crippen molar-refractivity contribution in [1.29, 1.82) is 0 Å². The van der Waals surface area contributed by atoms with Gasteiger partial charge >= 0.3 is 0 Å². The lowest BCUT2D eigenvalue weighted by Crippen LogP contribution is -2.35. The molecule has 96 valence electrons. The molecule has 1 aliphatic rings. The molecule has 0 radical (unpaired) electrons. The van der Waals surface area contributed by atoms with Gasteiger partial charge in [-0.15, -0.1) is 11.3 Å². The number of nitrogens with zero attached hydrogens (tertiary/aromatic N) is 1. The van der Waals surface area contributed by atoms with Crippen LogP contribution in [0, 0.1) is 0 Å². The van der Waals surface area contributed by atoms with Crippen LogP contribution in [0.1, 0.15) is 11.1 Å². The number of benzene rings is 1. The molecular weight excluding hydrogens is 244 g/mol. The Hall–Kier alpha value is -0.940. The molecule has 0 atom stereocenters. The van der Waals surface area contributed by atoms with Gasteiger partial charge in [-0.2, -0.15) is 0 Å². The van der Waals surface area contributed by atoms with E-state index in [2.05, 4.69) is 28.5 Å². The van der Waals surface area contributed by atoms with Gasteiger partial charge in [0.1, 0.15) is 0 Å². The van der Waals surface area contributed by atoms with E-state index in [1.165, 1.54) is 21.2 Å². The van der Waals surface area contributed by atoms with E-state index in [0.717, 1.165) is 32.8 Å². The van der Waals surface area contributed by atoms with E-state index in [1.807, 2.05) is 11.3 Å². The van der Waals surface area contributed by atoms with Gasteiger partial charge in [0.25, 0.3) is 0 Å². The van der Waals surface area contributed by atoms with E-state index in [9.17, 15) is 0 Å². The Bertz CT molecular complexity index is 532. The molecule has 18 heavy (non-hydrogen) atoms. The highest BCUT2D eigenvalue weighted by Gasteiger charge is 2.14. The smallest absolute Gasteiger partial charge is 0.0594 e. The molecule has 3 rings (SSSR count). The molecule has 0 saturated carbocycles. The molecule has 0 amide bonds. The number of hydrogen-bond acceptors (Lipinski definition) is 4. The number of rotatable bonds is 3. The normalized spacial score (nSPS) is 17.4. The molecule has 1 aromatic carbocycles. The highest BCUT2D eigenvalue weighted by molar-refractivity contribution is 7.17. The third-order valence-electron chi connectivity index (χ3n) is 3.48. The summed E-state index contributed by atoms with van der Waals surface area (Å²) in [4.78, 5) is 2.46. The Morgan fingerprint density at radius 3 is 2.83 bits per heavy atom. The van der Waals surface area contributed by atoms with Crippen LogP contribution in [0.2, 0.25) is 0 Å². The van der Waals surface area contributed by atoms with Gasteiger partial charge in [-0.05, 0) is 22.6 Å². The zero-order chi connectivity index (χ0) is 12.4. The third kappa shape index (κ3) is 2.29. The summed E-state index contributed by atoms with van der Waals surface area (Å²) in [6.45, 7) is 5.40. The summed E-state index contributed by atoms with van der Waals surface area (Å²) in [5.41, 5.74) is 8.52. The van der Waals surface area contributed by atoms with Crippen molar-refractivity contribution in [1.82, 2.24) is 4.90 Å². The lowest BCUT2D eigenvalue weighted by atomic mass is 10.1. The number of fused-ring (bicyclic) bond motifs is 1. The van der Waals surface area contributed by atoms with Crippen LogP contribution < -0.4 is 5.73 Å². The van der Waals surface area contributed by atoms with E-state index in [1.54, 1.807) is 0 Å². The fourth-order valence-corrected chi connectivity index (χ4v) is 3.52. The van der Waals surface area contributed by atoms with Crippen molar-refractivity contribution in [3.05, 3.63) is 34.7 Å². The molecule has 2 N–H and O–H groups in total. The molecular formula is C14H18N2OS. The monoisotopic (exact) mass is 262 g/mol. The van der Waals surface area contributed by atoms with E-state index >= 15 is 0 Å². The first kappa shape index (κ1) is 12.1. The molecule has 1 saturated heterocycles. The van der Waals surface area contributed by atoms with Crippen molar-refractivity contribution >= 4 is 21.4 Å². The second-order valence-electron chi connectivity index (χ2n) is 4.64. The maximum Gasteiger partial charge on any atom is 0.0594 e. The Morgan fingerprint density at radius 2 is 2.06 bits per heavy atom. The first-order chi connectivity index (χ1) is 8.88. The predicted molar refractivity (Wildman–Crippen MR) is 75.8 cm³/mol. The van der Waals surface area contributed by atoms with Gasteiger partial charge in [0.05, 0.1) is 13.2 Å². The number of morpholine rings is 1. The van der Waals surface area contributed by atoms with Gasteiger partial charge in [0.2, 0.25) is 0 Å². The fourth-order valence-electron chi connectivity index (χ4n) is 2.52. The minimum Gasteiger partial charge on any atom is -0.379 e. The number of thiophene rings is 1.